The lowest BCUT2D eigenvalue weighted by Crippen LogP contribution is -2.12. The van der Waals surface area contributed by atoms with Crippen LogP contribution in [-0.4, -0.2) is 30.1 Å². The van der Waals surface area contributed by atoms with Crippen LogP contribution in [0.2, 0.25) is 0 Å². The van der Waals surface area contributed by atoms with Crippen LogP contribution in [0.15, 0.2) is 4.99 Å². The van der Waals surface area contributed by atoms with Gasteiger partial charge in [0.25, 0.3) is 5.90 Å². The SMILES string of the molecule is O=C(O)C1=NCCO1. The second kappa shape index (κ2) is 1.81. The third-order valence-corrected chi connectivity index (χ3v) is 0.768. The predicted molar refractivity (Wildman–Crippen MR) is 25.9 cm³/mol. The molecule has 0 fully saturated rings. The average molecular weight is 115 g/mol. The summed E-state index contributed by atoms with van der Waals surface area (Å²) in [5.74, 6) is -1.24. The van der Waals surface area contributed by atoms with Crippen molar-refractivity contribution in [2.24, 2.45) is 4.99 Å². The molecule has 0 aromatic rings. The van der Waals surface area contributed by atoms with Gasteiger partial charge in [-0.3, -0.25) is 0 Å². The molecule has 1 heterocycles. The van der Waals surface area contributed by atoms with Gasteiger partial charge in [-0.25, -0.2) is 9.79 Å². The lowest BCUT2D eigenvalue weighted by atomic mass is 10.7. The van der Waals surface area contributed by atoms with Gasteiger partial charge >= 0.3 is 5.97 Å². The molecule has 1 rings (SSSR count). The molecule has 0 amide bonds. The number of hydrogen-bond donors (Lipinski definition) is 1. The quantitative estimate of drug-likeness (QED) is 0.501. The molecule has 0 radical (unpaired) electrons. The first-order chi connectivity index (χ1) is 3.80. The lowest BCUT2D eigenvalue weighted by molar-refractivity contribution is -0.130. The predicted octanol–water partition coefficient (Wildman–Crippen LogP) is -0.500. The van der Waals surface area contributed by atoms with Crippen molar-refractivity contribution in [1.82, 2.24) is 0 Å². The Bertz CT molecular complexity index is 140. The second-order valence-electron chi connectivity index (χ2n) is 1.34. The van der Waals surface area contributed by atoms with E-state index in [0.717, 1.165) is 0 Å². The van der Waals surface area contributed by atoms with Crippen molar-refractivity contribution in [3.8, 4) is 0 Å². The second-order valence-corrected chi connectivity index (χ2v) is 1.34. The highest BCUT2D eigenvalue weighted by Gasteiger charge is 2.14. The molecule has 1 aliphatic heterocycles. The highest BCUT2D eigenvalue weighted by Crippen LogP contribution is 1.92. The van der Waals surface area contributed by atoms with E-state index < -0.39 is 5.97 Å². The fourth-order valence-electron chi connectivity index (χ4n) is 0.465. The first-order valence-corrected chi connectivity index (χ1v) is 2.21. The van der Waals surface area contributed by atoms with Crippen LogP contribution >= 0.6 is 0 Å². The summed E-state index contributed by atoms with van der Waals surface area (Å²) in [7, 11) is 0. The van der Waals surface area contributed by atoms with Crippen molar-refractivity contribution in [1.29, 1.82) is 0 Å². The monoisotopic (exact) mass is 115 g/mol. The van der Waals surface area contributed by atoms with Crippen LogP contribution in [0, 0.1) is 0 Å². The number of aliphatic carboxylic acids is 1. The summed E-state index contributed by atoms with van der Waals surface area (Å²) < 4.78 is 4.56. The number of nitrogens with zero attached hydrogens (tertiary/aromatic N) is 1. The van der Waals surface area contributed by atoms with Gasteiger partial charge in [-0.15, -0.1) is 0 Å². The van der Waals surface area contributed by atoms with Gasteiger partial charge in [-0.2, -0.15) is 0 Å². The van der Waals surface area contributed by atoms with Gasteiger partial charge < -0.3 is 9.84 Å². The van der Waals surface area contributed by atoms with Crippen LogP contribution in [0.25, 0.3) is 0 Å². The minimum Gasteiger partial charge on any atom is -0.474 e. The maximum atomic E-state index is 9.95. The summed E-state index contributed by atoms with van der Waals surface area (Å²) in [5.41, 5.74) is 0. The molecule has 0 saturated carbocycles. The smallest absolute Gasteiger partial charge is 0.391 e. The van der Waals surface area contributed by atoms with Crippen LogP contribution < -0.4 is 0 Å². The minimum atomic E-state index is -1.08. The molecule has 1 N–H and O–H groups in total. The topological polar surface area (TPSA) is 58.9 Å². The summed E-state index contributed by atoms with van der Waals surface area (Å²) >= 11 is 0. The number of rotatable bonds is 1. The van der Waals surface area contributed by atoms with Crippen molar-refractivity contribution in [2.45, 2.75) is 0 Å². The molecule has 0 aliphatic carbocycles. The Morgan fingerprint density at radius 3 is 2.88 bits per heavy atom. The van der Waals surface area contributed by atoms with E-state index in [9.17, 15) is 4.79 Å². The molecule has 0 atom stereocenters. The summed E-state index contributed by atoms with van der Waals surface area (Å²) in [6.45, 7) is 0.878. The Hall–Kier alpha value is -1.06. The van der Waals surface area contributed by atoms with Crippen LogP contribution in [-0.2, 0) is 9.53 Å². The Balaban J connectivity index is 2.57. The summed E-state index contributed by atoms with van der Waals surface area (Å²) in [6, 6.07) is 0. The van der Waals surface area contributed by atoms with Crippen LogP contribution in [0.4, 0.5) is 0 Å². The van der Waals surface area contributed by atoms with Gasteiger partial charge in [0, 0.05) is 0 Å². The molecule has 0 bridgehead atoms. The van der Waals surface area contributed by atoms with E-state index in [-0.39, 0.29) is 5.90 Å². The fourth-order valence-corrected chi connectivity index (χ4v) is 0.465. The molecule has 44 valence electrons. The molecule has 4 heteroatoms. The van der Waals surface area contributed by atoms with Crippen molar-refractivity contribution in [3.05, 3.63) is 0 Å². The van der Waals surface area contributed by atoms with Crippen molar-refractivity contribution in [2.75, 3.05) is 13.2 Å². The molecule has 0 aromatic carbocycles. The van der Waals surface area contributed by atoms with E-state index in [0.29, 0.717) is 13.2 Å². The molecule has 0 unspecified atom stereocenters. The summed E-state index contributed by atoms with van der Waals surface area (Å²) in [4.78, 5) is 13.5. The normalized spacial score (nSPS) is 17.2. The van der Waals surface area contributed by atoms with Crippen molar-refractivity contribution >= 4 is 11.9 Å². The Morgan fingerprint density at radius 1 is 1.88 bits per heavy atom. The maximum absolute atomic E-state index is 9.95. The van der Waals surface area contributed by atoms with Gasteiger partial charge in [-0.05, 0) is 0 Å². The number of carbonyl (C=O) groups is 1. The number of ether oxygens (including phenoxy) is 1. The minimum absolute atomic E-state index is 0.162. The molecular formula is C4H5NO3. The number of aliphatic imine (C=N–C) groups is 1. The zero-order valence-electron chi connectivity index (χ0n) is 4.13. The van der Waals surface area contributed by atoms with Gasteiger partial charge in [0.2, 0.25) is 0 Å². The standard InChI is InChI=1S/C4H5NO3/c6-4(7)3-5-1-2-8-3/h1-2H2,(H,6,7). The molecule has 0 aromatic heterocycles. The highest BCUT2D eigenvalue weighted by atomic mass is 16.5. The summed E-state index contributed by atoms with van der Waals surface area (Å²) in [6.07, 6.45) is 0. The first-order valence-electron chi connectivity index (χ1n) is 2.21. The van der Waals surface area contributed by atoms with Gasteiger partial charge in [-0.1, -0.05) is 0 Å². The van der Waals surface area contributed by atoms with E-state index in [1.807, 2.05) is 0 Å². The molecule has 0 spiro atoms. The zero-order chi connectivity index (χ0) is 5.98. The fraction of sp³-hybridized carbons (Fsp3) is 0.500. The van der Waals surface area contributed by atoms with Crippen LogP contribution in [0.3, 0.4) is 0 Å². The molecule has 4 nitrogen and oxygen atoms in total. The van der Waals surface area contributed by atoms with Crippen LogP contribution in [0.1, 0.15) is 0 Å². The van der Waals surface area contributed by atoms with E-state index in [2.05, 4.69) is 9.73 Å². The van der Waals surface area contributed by atoms with Gasteiger partial charge in [0.15, 0.2) is 0 Å². The van der Waals surface area contributed by atoms with E-state index in [1.54, 1.807) is 0 Å². The number of carboxylic acid groups (broad SMARTS) is 1. The Kier molecular flexibility index (Phi) is 1.15. The average Bonchev–Trinajstić information content (AvgIpc) is 2.12. The first kappa shape index (κ1) is 5.08. The Morgan fingerprint density at radius 2 is 2.62 bits per heavy atom. The molecular weight excluding hydrogens is 110 g/mol. The molecule has 0 saturated heterocycles. The number of carboxylic acids is 1. The van der Waals surface area contributed by atoms with E-state index in [4.69, 9.17) is 5.11 Å². The lowest BCUT2D eigenvalue weighted by Gasteiger charge is -1.89. The van der Waals surface area contributed by atoms with E-state index >= 15 is 0 Å². The Labute approximate surface area is 45.8 Å². The van der Waals surface area contributed by atoms with Crippen LogP contribution in [0.5, 0.6) is 0 Å². The maximum Gasteiger partial charge on any atom is 0.391 e. The third kappa shape index (κ3) is 0.776. The third-order valence-electron chi connectivity index (χ3n) is 0.768. The van der Waals surface area contributed by atoms with Crippen molar-refractivity contribution < 1.29 is 14.6 Å². The zero-order valence-corrected chi connectivity index (χ0v) is 4.13. The molecule has 8 heavy (non-hydrogen) atoms. The van der Waals surface area contributed by atoms with Gasteiger partial charge in [0.1, 0.15) is 6.61 Å². The number of hydrogen-bond acceptors (Lipinski definition) is 3. The highest BCUT2D eigenvalue weighted by molar-refractivity contribution is 6.31. The van der Waals surface area contributed by atoms with Gasteiger partial charge in [0.05, 0.1) is 6.54 Å². The molecule has 1 aliphatic rings. The largest absolute Gasteiger partial charge is 0.474 e. The summed E-state index contributed by atoms with van der Waals surface area (Å²) in [5, 5.41) is 8.16. The van der Waals surface area contributed by atoms with Crippen molar-refractivity contribution in [3.63, 3.8) is 0 Å². The van der Waals surface area contributed by atoms with E-state index in [1.165, 1.54) is 0 Å².